The third-order valence-electron chi connectivity index (χ3n) is 2.92. The molecule has 1 heterocycles. The molecular formula is C15H10BrNO3S. The summed E-state index contributed by atoms with van der Waals surface area (Å²) in [4.78, 5) is 10.5. The molecule has 3 rings (SSSR count). The highest BCUT2D eigenvalue weighted by atomic mass is 79.9. The first-order valence-corrected chi connectivity index (χ1v) is 7.70. The predicted molar refractivity (Wildman–Crippen MR) is 85.9 cm³/mol. The van der Waals surface area contributed by atoms with E-state index in [-0.39, 0.29) is 6.61 Å². The van der Waals surface area contributed by atoms with Gasteiger partial charge in [-0.05, 0) is 41.9 Å². The van der Waals surface area contributed by atoms with Crippen LogP contribution in [0.1, 0.15) is 0 Å². The molecule has 2 aromatic carbocycles. The number of hydrogen-bond acceptors (Lipinski definition) is 4. The molecule has 0 saturated carbocycles. The second-order valence-electron chi connectivity index (χ2n) is 4.38. The van der Waals surface area contributed by atoms with Crippen LogP contribution in [0.25, 0.3) is 21.3 Å². The van der Waals surface area contributed by atoms with Crippen LogP contribution in [0.2, 0.25) is 0 Å². The van der Waals surface area contributed by atoms with Crippen LogP contribution < -0.4 is 4.74 Å². The Morgan fingerprint density at radius 3 is 2.71 bits per heavy atom. The van der Waals surface area contributed by atoms with Crippen molar-refractivity contribution < 1.29 is 14.6 Å². The molecule has 0 atom stereocenters. The van der Waals surface area contributed by atoms with Gasteiger partial charge in [0.05, 0.1) is 10.4 Å². The third-order valence-corrected chi connectivity index (χ3v) is 4.26. The van der Waals surface area contributed by atoms with Crippen LogP contribution in [0.5, 0.6) is 5.75 Å². The maximum Gasteiger partial charge on any atom is 0.341 e. The summed E-state index contributed by atoms with van der Waals surface area (Å²) in [5, 5.41) is 9.66. The largest absolute Gasteiger partial charge is 0.482 e. The normalized spacial score (nSPS) is 10.7. The van der Waals surface area contributed by atoms with Crippen LogP contribution in [-0.4, -0.2) is 22.1 Å². The van der Waals surface area contributed by atoms with Gasteiger partial charge >= 0.3 is 5.97 Å². The average Bonchev–Trinajstić information content (AvgIpc) is 2.89. The fourth-order valence-electron chi connectivity index (χ4n) is 1.97. The molecule has 0 spiro atoms. The lowest BCUT2D eigenvalue weighted by Crippen LogP contribution is -2.09. The fourth-order valence-corrected chi connectivity index (χ4v) is 3.06. The molecule has 0 fully saturated rings. The van der Waals surface area contributed by atoms with Gasteiger partial charge in [0.15, 0.2) is 6.61 Å². The number of aliphatic carboxylic acids is 1. The van der Waals surface area contributed by atoms with Gasteiger partial charge in [-0.2, -0.15) is 4.37 Å². The smallest absolute Gasteiger partial charge is 0.341 e. The molecular weight excluding hydrogens is 354 g/mol. The Kier molecular flexibility index (Phi) is 3.90. The quantitative estimate of drug-likeness (QED) is 0.754. The average molecular weight is 364 g/mol. The number of hydrogen-bond donors (Lipinski definition) is 1. The topological polar surface area (TPSA) is 59.4 Å². The lowest BCUT2D eigenvalue weighted by molar-refractivity contribution is -0.139. The van der Waals surface area contributed by atoms with Crippen LogP contribution in [0.4, 0.5) is 0 Å². The zero-order valence-corrected chi connectivity index (χ0v) is 13.1. The van der Waals surface area contributed by atoms with E-state index in [9.17, 15) is 4.79 Å². The highest BCUT2D eigenvalue weighted by Gasteiger charge is 2.10. The van der Waals surface area contributed by atoms with Gasteiger partial charge in [-0.1, -0.05) is 28.1 Å². The Labute approximate surface area is 133 Å². The molecule has 3 aromatic rings. The van der Waals surface area contributed by atoms with Crippen molar-refractivity contribution in [2.24, 2.45) is 0 Å². The molecule has 0 saturated heterocycles. The Morgan fingerprint density at radius 1 is 1.24 bits per heavy atom. The van der Waals surface area contributed by atoms with Crippen LogP contribution in [0, 0.1) is 0 Å². The van der Waals surface area contributed by atoms with E-state index >= 15 is 0 Å². The number of rotatable bonds is 4. The lowest BCUT2D eigenvalue weighted by Gasteiger charge is -2.03. The minimum atomic E-state index is -0.991. The summed E-state index contributed by atoms with van der Waals surface area (Å²) in [6.07, 6.45) is 0. The second-order valence-corrected chi connectivity index (χ2v) is 6.10. The summed E-state index contributed by atoms with van der Waals surface area (Å²) in [6.45, 7) is -0.343. The first kappa shape index (κ1) is 14.0. The number of nitrogens with zero attached hydrogens (tertiary/aromatic N) is 1. The lowest BCUT2D eigenvalue weighted by atomic mass is 10.1. The molecule has 1 aromatic heterocycles. The molecule has 0 aliphatic carbocycles. The molecule has 106 valence electrons. The standard InChI is InChI=1S/C15H10BrNO3S/c16-10-3-1-9(2-4-10)15-12-6-5-11(20-8-14(18)19)7-13(12)21-17-15/h1-7H,8H2,(H,18,19). The number of ether oxygens (including phenoxy) is 1. The molecule has 21 heavy (non-hydrogen) atoms. The van der Waals surface area contributed by atoms with E-state index < -0.39 is 5.97 Å². The Morgan fingerprint density at radius 2 is 2.00 bits per heavy atom. The minimum absolute atomic E-state index is 0.343. The number of benzene rings is 2. The molecule has 0 aliphatic rings. The van der Waals surface area contributed by atoms with Gasteiger partial charge in [0.2, 0.25) is 0 Å². The SMILES string of the molecule is O=C(O)COc1ccc2c(-c3ccc(Br)cc3)nsc2c1. The summed E-state index contributed by atoms with van der Waals surface area (Å²) in [5.41, 5.74) is 1.97. The van der Waals surface area contributed by atoms with Crippen molar-refractivity contribution in [2.75, 3.05) is 6.61 Å². The predicted octanol–water partition coefficient (Wildman–Crippen LogP) is 4.19. The van der Waals surface area contributed by atoms with Crippen LogP contribution in [0.15, 0.2) is 46.9 Å². The Balaban J connectivity index is 1.95. The van der Waals surface area contributed by atoms with Crippen molar-refractivity contribution in [1.29, 1.82) is 0 Å². The van der Waals surface area contributed by atoms with E-state index in [2.05, 4.69) is 20.3 Å². The van der Waals surface area contributed by atoms with Gasteiger partial charge in [0.25, 0.3) is 0 Å². The second kappa shape index (κ2) is 5.83. The van der Waals surface area contributed by atoms with Gasteiger partial charge in [-0.25, -0.2) is 4.79 Å². The van der Waals surface area contributed by atoms with Gasteiger partial charge in [-0.15, -0.1) is 0 Å². The van der Waals surface area contributed by atoms with E-state index in [1.54, 1.807) is 6.07 Å². The fraction of sp³-hybridized carbons (Fsp3) is 0.0667. The highest BCUT2D eigenvalue weighted by molar-refractivity contribution is 9.10. The summed E-state index contributed by atoms with van der Waals surface area (Å²) in [5.74, 6) is -0.453. The molecule has 6 heteroatoms. The summed E-state index contributed by atoms with van der Waals surface area (Å²) < 4.78 is 11.7. The van der Waals surface area contributed by atoms with Crippen molar-refractivity contribution in [3.05, 3.63) is 46.9 Å². The third kappa shape index (κ3) is 3.06. The highest BCUT2D eigenvalue weighted by Crippen LogP contribution is 2.33. The Hall–Kier alpha value is -1.92. The molecule has 0 unspecified atom stereocenters. The van der Waals surface area contributed by atoms with Crippen LogP contribution >= 0.6 is 27.5 Å². The zero-order valence-electron chi connectivity index (χ0n) is 10.7. The van der Waals surface area contributed by atoms with Crippen molar-refractivity contribution in [2.45, 2.75) is 0 Å². The number of carboxylic acids is 1. The molecule has 4 nitrogen and oxygen atoms in total. The Bertz CT molecular complexity index is 798. The maximum atomic E-state index is 10.5. The van der Waals surface area contributed by atoms with E-state index in [4.69, 9.17) is 9.84 Å². The summed E-state index contributed by atoms with van der Waals surface area (Å²) in [7, 11) is 0. The molecule has 1 N–H and O–H groups in total. The number of aromatic nitrogens is 1. The van der Waals surface area contributed by atoms with Crippen molar-refractivity contribution in [1.82, 2.24) is 4.37 Å². The summed E-state index contributed by atoms with van der Waals surface area (Å²) in [6, 6.07) is 13.5. The van der Waals surface area contributed by atoms with Crippen LogP contribution in [-0.2, 0) is 4.79 Å². The molecule has 0 aliphatic heterocycles. The van der Waals surface area contributed by atoms with Gasteiger partial charge in [0, 0.05) is 15.4 Å². The first-order chi connectivity index (χ1) is 10.1. The van der Waals surface area contributed by atoms with E-state index in [0.29, 0.717) is 5.75 Å². The monoisotopic (exact) mass is 363 g/mol. The van der Waals surface area contributed by atoms with E-state index in [1.165, 1.54) is 11.5 Å². The number of carboxylic acid groups (broad SMARTS) is 1. The molecule has 0 bridgehead atoms. The first-order valence-electron chi connectivity index (χ1n) is 6.13. The van der Waals surface area contributed by atoms with Crippen molar-refractivity contribution in [3.8, 4) is 17.0 Å². The minimum Gasteiger partial charge on any atom is -0.482 e. The van der Waals surface area contributed by atoms with E-state index in [0.717, 1.165) is 25.8 Å². The molecule has 0 radical (unpaired) electrons. The van der Waals surface area contributed by atoms with Gasteiger partial charge in [-0.3, -0.25) is 0 Å². The van der Waals surface area contributed by atoms with Gasteiger partial charge in [0.1, 0.15) is 5.75 Å². The molecule has 0 amide bonds. The van der Waals surface area contributed by atoms with Crippen LogP contribution in [0.3, 0.4) is 0 Å². The zero-order chi connectivity index (χ0) is 14.8. The number of carbonyl (C=O) groups is 1. The van der Waals surface area contributed by atoms with Crippen molar-refractivity contribution >= 4 is 43.5 Å². The van der Waals surface area contributed by atoms with E-state index in [1.807, 2.05) is 36.4 Å². The maximum absolute atomic E-state index is 10.5. The summed E-state index contributed by atoms with van der Waals surface area (Å²) >= 11 is 4.79. The number of halogens is 1. The number of fused-ring (bicyclic) bond motifs is 1. The van der Waals surface area contributed by atoms with Gasteiger partial charge < -0.3 is 9.84 Å². The van der Waals surface area contributed by atoms with Crippen molar-refractivity contribution in [3.63, 3.8) is 0 Å².